The highest BCUT2D eigenvalue weighted by Crippen LogP contribution is 2.39. The van der Waals surface area contributed by atoms with E-state index in [0.717, 1.165) is 0 Å². The molecule has 132 valence electrons. The Hall–Kier alpha value is -3.02. The summed E-state index contributed by atoms with van der Waals surface area (Å²) < 4.78 is 29.6. The molecule has 0 bridgehead atoms. The van der Waals surface area contributed by atoms with Crippen molar-refractivity contribution in [2.45, 2.75) is 6.92 Å². The molecule has 0 amide bonds. The first-order valence-corrected chi connectivity index (χ1v) is 7.42. The fraction of sp³-hybridized carbons (Fsp3) is 0.211. The molecule has 6 heteroatoms. The molecule has 2 aromatic rings. The second-order valence-electron chi connectivity index (χ2n) is 5.29. The summed E-state index contributed by atoms with van der Waals surface area (Å²) in [6, 6.07) is 7.55. The lowest BCUT2D eigenvalue weighted by atomic mass is 10.0. The Kier molecular flexibility index (Phi) is 5.64. The monoisotopic (exact) mass is 346 g/mol. The number of carboxylic acid groups (broad SMARTS) is 1. The van der Waals surface area contributed by atoms with Crippen LogP contribution in [0.15, 0.2) is 30.3 Å². The van der Waals surface area contributed by atoms with E-state index in [1.165, 1.54) is 39.5 Å². The highest BCUT2D eigenvalue weighted by atomic mass is 19.1. The SMILES string of the molecule is COc1cc(/C=C(\C(=O)O)c2ccc(C)c(F)c2)cc(OC)c1OC. The molecule has 0 fully saturated rings. The van der Waals surface area contributed by atoms with Crippen molar-refractivity contribution >= 4 is 17.6 Å². The van der Waals surface area contributed by atoms with Gasteiger partial charge in [0.1, 0.15) is 5.82 Å². The topological polar surface area (TPSA) is 65.0 Å². The summed E-state index contributed by atoms with van der Waals surface area (Å²) in [5.41, 5.74) is 1.19. The number of halogens is 1. The lowest BCUT2D eigenvalue weighted by molar-refractivity contribution is -0.130. The minimum Gasteiger partial charge on any atom is -0.493 e. The van der Waals surface area contributed by atoms with Crippen LogP contribution in [-0.2, 0) is 4.79 Å². The third-order valence-electron chi connectivity index (χ3n) is 3.71. The number of methoxy groups -OCH3 is 3. The van der Waals surface area contributed by atoms with Crippen molar-refractivity contribution < 1.29 is 28.5 Å². The number of hydrogen-bond donors (Lipinski definition) is 1. The number of ether oxygens (including phenoxy) is 3. The summed E-state index contributed by atoms with van der Waals surface area (Å²) in [5.74, 6) is -0.437. The van der Waals surface area contributed by atoms with Crippen LogP contribution in [-0.4, -0.2) is 32.4 Å². The van der Waals surface area contributed by atoms with Crippen LogP contribution < -0.4 is 14.2 Å². The maximum absolute atomic E-state index is 13.8. The number of aryl methyl sites for hydroxylation is 1. The Labute approximate surface area is 145 Å². The van der Waals surface area contributed by atoms with Crippen molar-refractivity contribution in [3.8, 4) is 17.2 Å². The van der Waals surface area contributed by atoms with Gasteiger partial charge in [-0.25, -0.2) is 9.18 Å². The van der Waals surface area contributed by atoms with E-state index in [1.54, 1.807) is 25.1 Å². The van der Waals surface area contributed by atoms with Crippen molar-refractivity contribution in [1.29, 1.82) is 0 Å². The summed E-state index contributed by atoms with van der Waals surface area (Å²) in [6.45, 7) is 1.61. The predicted molar refractivity (Wildman–Crippen MR) is 92.7 cm³/mol. The highest BCUT2D eigenvalue weighted by molar-refractivity contribution is 6.20. The van der Waals surface area contributed by atoms with Crippen molar-refractivity contribution in [2.75, 3.05) is 21.3 Å². The minimum absolute atomic E-state index is 0.0480. The first-order valence-electron chi connectivity index (χ1n) is 7.42. The smallest absolute Gasteiger partial charge is 0.336 e. The van der Waals surface area contributed by atoms with Crippen molar-refractivity contribution in [3.63, 3.8) is 0 Å². The van der Waals surface area contributed by atoms with Gasteiger partial charge in [0.15, 0.2) is 11.5 Å². The molecule has 25 heavy (non-hydrogen) atoms. The second-order valence-corrected chi connectivity index (χ2v) is 5.29. The average molecular weight is 346 g/mol. The zero-order chi connectivity index (χ0) is 18.6. The molecule has 0 unspecified atom stereocenters. The van der Waals surface area contributed by atoms with Gasteiger partial charge in [0, 0.05) is 0 Å². The van der Waals surface area contributed by atoms with Crippen LogP contribution in [0.5, 0.6) is 17.2 Å². The molecule has 0 radical (unpaired) electrons. The number of hydrogen-bond acceptors (Lipinski definition) is 4. The zero-order valence-corrected chi connectivity index (χ0v) is 14.4. The van der Waals surface area contributed by atoms with Crippen LogP contribution in [0.25, 0.3) is 11.6 Å². The van der Waals surface area contributed by atoms with Gasteiger partial charge in [0.05, 0.1) is 26.9 Å². The molecular formula is C19H19FO5. The number of carboxylic acids is 1. The Balaban J connectivity index is 2.61. The second kappa shape index (κ2) is 7.70. The van der Waals surface area contributed by atoms with Gasteiger partial charge in [-0.2, -0.15) is 0 Å². The summed E-state index contributed by atoms with van der Waals surface area (Å²) in [4.78, 5) is 11.7. The van der Waals surface area contributed by atoms with Gasteiger partial charge in [-0.1, -0.05) is 12.1 Å². The maximum atomic E-state index is 13.8. The van der Waals surface area contributed by atoms with Gasteiger partial charge in [-0.05, 0) is 47.9 Å². The van der Waals surface area contributed by atoms with Gasteiger partial charge in [0.2, 0.25) is 5.75 Å². The zero-order valence-electron chi connectivity index (χ0n) is 14.4. The Bertz CT molecular complexity index is 802. The largest absolute Gasteiger partial charge is 0.493 e. The van der Waals surface area contributed by atoms with Gasteiger partial charge in [0.25, 0.3) is 0 Å². The molecule has 1 N–H and O–H groups in total. The molecule has 0 atom stereocenters. The van der Waals surface area contributed by atoms with E-state index < -0.39 is 11.8 Å². The first kappa shape index (κ1) is 18.3. The van der Waals surface area contributed by atoms with Gasteiger partial charge >= 0.3 is 5.97 Å². The molecule has 0 aliphatic rings. The molecule has 0 spiro atoms. The Morgan fingerprint density at radius 1 is 1.04 bits per heavy atom. The molecule has 0 saturated carbocycles. The van der Waals surface area contributed by atoms with E-state index in [9.17, 15) is 14.3 Å². The molecule has 5 nitrogen and oxygen atoms in total. The third kappa shape index (κ3) is 3.91. The lowest BCUT2D eigenvalue weighted by Crippen LogP contribution is -2.01. The molecule has 0 heterocycles. The molecule has 0 aliphatic heterocycles. The quantitative estimate of drug-likeness (QED) is 0.637. The van der Waals surface area contributed by atoms with Gasteiger partial charge in [-0.15, -0.1) is 0 Å². The van der Waals surface area contributed by atoms with Crippen molar-refractivity contribution in [1.82, 2.24) is 0 Å². The van der Waals surface area contributed by atoms with E-state index in [0.29, 0.717) is 28.4 Å². The molecule has 2 aromatic carbocycles. The third-order valence-corrected chi connectivity index (χ3v) is 3.71. The van der Waals surface area contributed by atoms with Crippen molar-refractivity contribution in [3.05, 3.63) is 52.8 Å². The number of rotatable bonds is 6. The fourth-order valence-corrected chi connectivity index (χ4v) is 2.38. The maximum Gasteiger partial charge on any atom is 0.336 e. The van der Waals surface area contributed by atoms with Crippen LogP contribution >= 0.6 is 0 Å². The summed E-state index contributed by atoms with van der Waals surface area (Å²) in [5, 5.41) is 9.52. The number of carbonyl (C=O) groups is 1. The normalized spacial score (nSPS) is 11.2. The van der Waals surface area contributed by atoms with Crippen LogP contribution in [0.4, 0.5) is 4.39 Å². The molecule has 2 rings (SSSR count). The highest BCUT2D eigenvalue weighted by Gasteiger charge is 2.16. The molecule has 0 saturated heterocycles. The van der Waals surface area contributed by atoms with Gasteiger partial charge in [-0.3, -0.25) is 0 Å². The van der Waals surface area contributed by atoms with Crippen LogP contribution in [0.3, 0.4) is 0 Å². The molecule has 0 aliphatic carbocycles. The average Bonchev–Trinajstić information content (AvgIpc) is 2.60. The summed E-state index contributed by atoms with van der Waals surface area (Å²) in [6.07, 6.45) is 1.43. The minimum atomic E-state index is -1.17. The standard InChI is InChI=1S/C19H19FO5/c1-11-5-6-13(10-15(11)20)14(19(21)22)7-12-8-16(23-2)18(25-4)17(9-12)24-3/h5-10H,1-4H3,(H,21,22)/b14-7-. The molecule has 0 aromatic heterocycles. The Morgan fingerprint density at radius 3 is 2.08 bits per heavy atom. The Morgan fingerprint density at radius 2 is 1.64 bits per heavy atom. The number of benzene rings is 2. The number of aliphatic carboxylic acids is 1. The summed E-state index contributed by atoms with van der Waals surface area (Å²) >= 11 is 0. The molecular weight excluding hydrogens is 327 g/mol. The lowest BCUT2D eigenvalue weighted by Gasteiger charge is -2.13. The van der Waals surface area contributed by atoms with E-state index in [2.05, 4.69) is 0 Å². The fourth-order valence-electron chi connectivity index (χ4n) is 2.38. The van der Waals surface area contributed by atoms with Crippen LogP contribution in [0.2, 0.25) is 0 Å². The summed E-state index contributed by atoms with van der Waals surface area (Å²) in [7, 11) is 4.42. The van der Waals surface area contributed by atoms with Gasteiger partial charge < -0.3 is 19.3 Å². The van der Waals surface area contributed by atoms with E-state index >= 15 is 0 Å². The van der Waals surface area contributed by atoms with E-state index in [-0.39, 0.29) is 11.1 Å². The van der Waals surface area contributed by atoms with Crippen LogP contribution in [0.1, 0.15) is 16.7 Å². The van der Waals surface area contributed by atoms with E-state index in [4.69, 9.17) is 14.2 Å². The van der Waals surface area contributed by atoms with Crippen molar-refractivity contribution in [2.24, 2.45) is 0 Å². The first-order chi connectivity index (χ1) is 11.9. The van der Waals surface area contributed by atoms with Crippen LogP contribution in [0, 0.1) is 12.7 Å². The van der Waals surface area contributed by atoms with E-state index in [1.807, 2.05) is 0 Å². The predicted octanol–water partition coefficient (Wildman–Crippen LogP) is 3.79.